The first kappa shape index (κ1) is 95.4. The molecule has 0 bridgehead atoms. The van der Waals surface area contributed by atoms with Gasteiger partial charge >= 0.3 is 23.9 Å². The van der Waals surface area contributed by atoms with Crippen LogP contribution in [-0.4, -0.2) is 195 Å². The minimum Gasteiger partial charge on any atom is -0.480 e. The fraction of sp³-hybridized carbons (Fsp3) is 0.600. The van der Waals surface area contributed by atoms with Gasteiger partial charge in [0.25, 0.3) is 0 Å². The number of carboxylic acid groups (broad SMARTS) is 4. The van der Waals surface area contributed by atoms with Crippen molar-refractivity contribution in [2.24, 2.45) is 17.8 Å². The van der Waals surface area contributed by atoms with E-state index in [1.807, 2.05) is 30.3 Å². The average Bonchev–Trinajstić information content (AvgIpc) is 1.64. The maximum atomic E-state index is 12.4. The molecule has 5 saturated carbocycles. The molecular weight excluding hydrogens is 1690 g/mol. The van der Waals surface area contributed by atoms with Crippen LogP contribution in [0.5, 0.6) is 0 Å². The lowest BCUT2D eigenvalue weighted by molar-refractivity contribution is -0.144. The highest BCUT2D eigenvalue weighted by molar-refractivity contribution is 5.78. The van der Waals surface area contributed by atoms with Gasteiger partial charge in [-0.15, -0.1) is 0 Å². The van der Waals surface area contributed by atoms with Crippen LogP contribution in [0.15, 0.2) is 116 Å². The number of likely N-dealkylation sites (tertiary alicyclic amines) is 4. The Morgan fingerprint density at radius 2 is 0.711 bits per heavy atom. The topological polar surface area (TPSA) is 323 Å². The quantitative estimate of drug-likeness (QED) is 0.0165. The van der Waals surface area contributed by atoms with Gasteiger partial charge in [-0.1, -0.05) is 81.0 Å². The zero-order valence-electron chi connectivity index (χ0n) is 79.6. The molecule has 1 unspecified atom stereocenters. The molecule has 720 valence electrons. The summed E-state index contributed by atoms with van der Waals surface area (Å²) in [6, 6.07) is 29.3. The summed E-state index contributed by atoms with van der Waals surface area (Å²) in [5.41, 5.74) is 19.2. The summed E-state index contributed by atoms with van der Waals surface area (Å²) in [5.74, 6) is 5.63. The number of unbranched alkanes of at least 4 members (excludes halogenated alkanes) is 7. The largest absolute Gasteiger partial charge is 0.480 e. The van der Waals surface area contributed by atoms with Gasteiger partial charge in [-0.2, -0.15) is 0 Å². The first-order valence-electron chi connectivity index (χ1n) is 52.5. The third-order valence-corrected chi connectivity index (χ3v) is 30.8. The van der Waals surface area contributed by atoms with Crippen molar-refractivity contribution < 1.29 is 44.3 Å². The molecule has 8 aromatic heterocycles. The molecule has 0 aromatic carbocycles. The van der Waals surface area contributed by atoms with E-state index in [9.17, 15) is 39.6 Å². The van der Waals surface area contributed by atoms with Gasteiger partial charge in [-0.3, -0.25) is 58.7 Å². The number of hydrogen-bond donors (Lipinski definition) is 8. The first-order chi connectivity index (χ1) is 66.2. The van der Waals surface area contributed by atoms with E-state index in [0.717, 1.165) is 274 Å². The molecule has 0 spiro atoms. The minimum absolute atomic E-state index is 0.0981. The third kappa shape index (κ3) is 25.9. The SMILES string of the molecule is O=C(O)C(c1cnccc1C1CC1)N1CC[C@@H](CCCCCc2ccc3c(n2)NCCC3)C1.O=C(O)[C@@H](c1ccc(C2CC2)nc1C1CC1)N1CC[C@@H](OCCCCc2ccc3c(n2)NCCC3)C1.O=C(O)[C@@H](c1cccnc1C1CC1)N1CC[C@@H](CCCCCc2ccc3c(n2)NCCC3)C1.O=C(O)[C@H](c1cccnc1C1CC1)N1CC[C@@H](CCCCCc2ccc3c(n2)NCCC3)C1. The Morgan fingerprint density at radius 3 is 1.10 bits per heavy atom. The fourth-order valence-electron chi connectivity index (χ4n) is 22.7. The maximum Gasteiger partial charge on any atom is 0.325 e. The molecule has 5 aliphatic carbocycles. The number of rotatable bonds is 41. The Labute approximate surface area is 798 Å². The van der Waals surface area contributed by atoms with Crippen molar-refractivity contribution in [1.29, 1.82) is 0 Å². The van der Waals surface area contributed by atoms with Crippen LogP contribution in [0.1, 0.15) is 355 Å². The van der Waals surface area contributed by atoms with Gasteiger partial charge in [0.15, 0.2) is 0 Å². The Hall–Kier alpha value is -9.92. The van der Waals surface area contributed by atoms with Crippen molar-refractivity contribution in [3.63, 3.8) is 0 Å². The van der Waals surface area contributed by atoms with Crippen LogP contribution in [-0.2, 0) is 75.3 Å². The highest BCUT2D eigenvalue weighted by Gasteiger charge is 2.44. The molecule has 8 atom stereocenters. The Kier molecular flexibility index (Phi) is 32.8. The summed E-state index contributed by atoms with van der Waals surface area (Å²) < 4.78 is 6.19. The second kappa shape index (κ2) is 46.5. The van der Waals surface area contributed by atoms with E-state index in [0.29, 0.717) is 60.5 Å². The van der Waals surface area contributed by atoms with E-state index in [1.54, 1.807) is 24.8 Å². The molecule has 9 fully saturated rings. The summed E-state index contributed by atoms with van der Waals surface area (Å²) in [7, 11) is 0. The van der Waals surface area contributed by atoms with E-state index < -0.39 is 48.0 Å². The molecule has 25 nitrogen and oxygen atoms in total. The van der Waals surface area contributed by atoms with Crippen LogP contribution in [0.2, 0.25) is 0 Å². The number of fused-ring (bicyclic) bond motifs is 4. The van der Waals surface area contributed by atoms with Crippen LogP contribution in [0.4, 0.5) is 23.3 Å². The van der Waals surface area contributed by atoms with Crippen LogP contribution in [0, 0.1) is 17.8 Å². The zero-order valence-corrected chi connectivity index (χ0v) is 79.6. The molecule has 13 aliphatic rings. The Bertz CT molecular complexity index is 4940. The first-order valence-corrected chi connectivity index (χ1v) is 52.5. The summed E-state index contributed by atoms with van der Waals surface area (Å²) >= 11 is 0. The predicted octanol–water partition coefficient (Wildman–Crippen LogP) is 19.7. The molecule has 21 rings (SSSR count). The Balaban J connectivity index is 0.000000120. The van der Waals surface area contributed by atoms with Crippen LogP contribution >= 0.6 is 0 Å². The molecule has 135 heavy (non-hydrogen) atoms. The minimum atomic E-state index is -0.773. The van der Waals surface area contributed by atoms with Gasteiger partial charge in [0.05, 0.1) is 6.10 Å². The van der Waals surface area contributed by atoms with E-state index >= 15 is 0 Å². The van der Waals surface area contributed by atoms with Crippen molar-refractivity contribution >= 4 is 47.1 Å². The second-order valence-electron chi connectivity index (χ2n) is 41.3. The molecule has 8 aromatic rings. The molecule has 0 amide bonds. The normalized spacial score (nSPS) is 21.7. The van der Waals surface area contributed by atoms with Gasteiger partial charge in [0.1, 0.15) is 47.4 Å². The molecule has 16 heterocycles. The lowest BCUT2D eigenvalue weighted by Gasteiger charge is -2.26. The highest BCUT2D eigenvalue weighted by Crippen LogP contribution is 2.50. The fourth-order valence-corrected chi connectivity index (χ4v) is 22.7. The number of hydrogen-bond acceptors (Lipinski definition) is 21. The zero-order chi connectivity index (χ0) is 92.4. The predicted molar refractivity (Wildman–Crippen MR) is 527 cm³/mol. The van der Waals surface area contributed by atoms with Crippen LogP contribution in [0.3, 0.4) is 0 Å². The number of carbonyl (C=O) groups is 4. The summed E-state index contributed by atoms with van der Waals surface area (Å²) in [6.07, 6.45) is 52.8. The smallest absolute Gasteiger partial charge is 0.325 e. The van der Waals surface area contributed by atoms with Crippen molar-refractivity contribution in [3.05, 3.63) is 211 Å². The number of aliphatic carboxylic acids is 4. The summed E-state index contributed by atoms with van der Waals surface area (Å²) in [4.78, 5) is 95.3. The maximum absolute atomic E-state index is 12.4. The van der Waals surface area contributed by atoms with E-state index in [1.165, 1.54) is 173 Å². The number of carboxylic acids is 4. The number of nitrogens with one attached hydrogen (secondary N) is 4. The Morgan fingerprint density at radius 1 is 0.348 bits per heavy atom. The van der Waals surface area contributed by atoms with Gasteiger partial charge in [0.2, 0.25) is 0 Å². The van der Waals surface area contributed by atoms with Crippen molar-refractivity contribution in [2.75, 3.05) is 106 Å². The second-order valence-corrected chi connectivity index (χ2v) is 41.3. The van der Waals surface area contributed by atoms with Gasteiger partial charge in [-0.05, 0) is 338 Å². The molecule has 25 heteroatoms. The van der Waals surface area contributed by atoms with Gasteiger partial charge < -0.3 is 46.4 Å². The molecular formula is C110H146N16O9. The number of nitrogens with zero attached hydrogens (tertiary/aromatic N) is 12. The van der Waals surface area contributed by atoms with Crippen LogP contribution in [0.25, 0.3) is 0 Å². The van der Waals surface area contributed by atoms with Gasteiger partial charge in [0, 0.05) is 182 Å². The average molecular weight is 1840 g/mol. The summed E-state index contributed by atoms with van der Waals surface area (Å²) in [6.45, 7) is 11.5. The standard InChI is InChI=1S/C29H38N4O3.3C27H36N4O2/c34-29(35)27(24-12-13-25(19-6-7-19)32-26(24)20-8-9-20)33-16-14-23(18-33)36-17-2-1-5-22-11-10-21-4-3-15-30-28(21)31-22;2*32-27(33)25(23-9-5-15-28-24(23)20-10-11-20)31-17-14-19(18-31)6-2-1-3-8-22-13-12-21-7-4-16-29-26(21)30-22;32-27(33)25(24-17-28-15-12-23(24)20-8-9-20)31-16-13-19(18-31)5-2-1-3-7-22-11-10-21-6-4-14-29-26(21)30-22/h10-13,19-20,23,27H,1-9,14-18H2,(H,30,31)(H,34,35);2*5,9,12-13,15,19-20,25H,1-4,6-8,10-11,14,16-18H2,(H,29,30)(H,32,33);10-12,15,17,19-20,25H,1-9,13-14,16,18H2,(H,29,30)(H,32,33)/t23-,27-;19-,25+;19-,25-;19-,25?/m1111/s1. The summed E-state index contributed by atoms with van der Waals surface area (Å²) in [5, 5.41) is 54.0. The van der Waals surface area contributed by atoms with Crippen molar-refractivity contribution in [1.82, 2.24) is 59.5 Å². The number of ether oxygens (including phenoxy) is 1. The van der Waals surface area contributed by atoms with E-state index in [4.69, 9.17) is 29.7 Å². The van der Waals surface area contributed by atoms with Crippen molar-refractivity contribution in [3.8, 4) is 0 Å². The monoisotopic (exact) mass is 1840 g/mol. The number of aryl methyl sites for hydroxylation is 8. The van der Waals surface area contributed by atoms with E-state index in [2.05, 4.69) is 116 Å². The van der Waals surface area contributed by atoms with Crippen molar-refractivity contribution in [2.45, 2.75) is 317 Å². The molecule has 4 saturated heterocycles. The molecule has 8 aliphatic heterocycles. The van der Waals surface area contributed by atoms with Gasteiger partial charge in [-0.25, -0.2) is 19.9 Å². The van der Waals surface area contributed by atoms with Crippen LogP contribution < -0.4 is 21.3 Å². The number of anilines is 4. The molecule has 0 radical (unpaired) electrons. The van der Waals surface area contributed by atoms with E-state index in [-0.39, 0.29) is 6.10 Å². The molecule has 8 N–H and O–H groups in total. The highest BCUT2D eigenvalue weighted by atomic mass is 16.5. The lowest BCUT2D eigenvalue weighted by Crippen LogP contribution is -2.34. The lowest BCUT2D eigenvalue weighted by atomic mass is 9.97. The number of pyridine rings is 8. The number of aromatic nitrogens is 8. The third-order valence-electron chi connectivity index (χ3n) is 30.8.